The average molecular weight is 805 g/mol. The topological polar surface area (TPSA) is 59.1 Å². The van der Waals surface area contributed by atoms with Crippen LogP contribution >= 0.6 is 0 Å². The van der Waals surface area contributed by atoms with Crippen molar-refractivity contribution in [3.63, 3.8) is 0 Å². The third-order valence-electron chi connectivity index (χ3n) is 21.3. The second-order valence-corrected chi connectivity index (χ2v) is 23.9. The fraction of sp³-hybridized carbons (Fsp3) is 0.920. The molecule has 8 heteroatoms. The number of ether oxygens (including phenoxy) is 2. The van der Waals surface area contributed by atoms with Crippen molar-refractivity contribution in [2.45, 2.75) is 138 Å². The van der Waals surface area contributed by atoms with Crippen LogP contribution in [0.5, 0.6) is 0 Å². The van der Waals surface area contributed by atoms with Crippen molar-refractivity contribution in [1.29, 1.82) is 0 Å². The number of hydrogen-bond acceptors (Lipinski definition) is 6. The Morgan fingerprint density at radius 3 is 1.83 bits per heavy atom. The van der Waals surface area contributed by atoms with Crippen LogP contribution in [0.1, 0.15) is 131 Å². The number of rotatable bonds is 12. The van der Waals surface area contributed by atoms with E-state index in [4.69, 9.17) is 9.47 Å². The number of fused-ring (bicyclic) bond motifs is 13. The van der Waals surface area contributed by atoms with Gasteiger partial charge in [0.05, 0.1) is 71.8 Å². The molecule has 11 fully saturated rings. The molecule has 6 saturated heterocycles. The highest BCUT2D eigenvalue weighted by Crippen LogP contribution is 2.77. The van der Waals surface area contributed by atoms with Gasteiger partial charge in [0, 0.05) is 62.9 Å². The molecule has 0 radical (unpaired) electrons. The van der Waals surface area contributed by atoms with Gasteiger partial charge in [-0.2, -0.15) is 0 Å². The highest BCUT2D eigenvalue weighted by molar-refractivity contribution is 5.69. The zero-order valence-corrected chi connectivity index (χ0v) is 38.1. The minimum atomic E-state index is -0.0263. The Bertz CT molecular complexity index is 1550. The molecule has 58 heavy (non-hydrogen) atoms. The van der Waals surface area contributed by atoms with E-state index in [0.717, 1.165) is 32.4 Å². The Morgan fingerprint density at radius 1 is 0.655 bits per heavy atom. The number of allylic oxidation sites excluding steroid dienone is 1. The van der Waals surface area contributed by atoms with Gasteiger partial charge in [-0.3, -0.25) is 19.4 Å². The van der Waals surface area contributed by atoms with Crippen molar-refractivity contribution in [2.24, 2.45) is 56.7 Å². The number of carbonyl (C=O) groups excluding carboxylic acids is 2. The Balaban J connectivity index is 0.846. The quantitative estimate of drug-likeness (QED) is 0.114. The number of carbonyl (C=O) groups is 2. The molecule has 10 atom stereocenters. The van der Waals surface area contributed by atoms with Crippen molar-refractivity contribution in [2.75, 3.05) is 98.2 Å². The number of quaternary nitrogens is 2. The van der Waals surface area contributed by atoms with Gasteiger partial charge in [-0.05, 0) is 117 Å². The lowest BCUT2D eigenvalue weighted by molar-refractivity contribution is -0.941. The lowest BCUT2D eigenvalue weighted by Gasteiger charge is -2.73. The van der Waals surface area contributed by atoms with Gasteiger partial charge in [-0.1, -0.05) is 46.8 Å². The second-order valence-electron chi connectivity index (χ2n) is 23.9. The number of nitrogens with zero attached hydrogens (tertiary/aromatic N) is 4. The van der Waals surface area contributed by atoms with Crippen LogP contribution in [0, 0.1) is 56.7 Å². The molecule has 8 nitrogen and oxygen atoms in total. The van der Waals surface area contributed by atoms with E-state index in [1.165, 1.54) is 151 Å². The van der Waals surface area contributed by atoms with E-state index in [9.17, 15) is 9.59 Å². The predicted molar refractivity (Wildman–Crippen MR) is 231 cm³/mol. The highest BCUT2D eigenvalue weighted by Gasteiger charge is 2.71. The van der Waals surface area contributed by atoms with E-state index in [1.54, 1.807) is 0 Å². The summed E-state index contributed by atoms with van der Waals surface area (Å²) >= 11 is 0. The smallest absolute Gasteiger partial charge is 0.306 e. The van der Waals surface area contributed by atoms with Gasteiger partial charge >= 0.3 is 11.9 Å². The molecule has 11 rings (SSSR count). The molecule has 0 amide bonds. The molecule has 5 saturated carbocycles. The van der Waals surface area contributed by atoms with Crippen molar-refractivity contribution in [3.05, 3.63) is 12.2 Å². The maximum absolute atomic E-state index is 13.5. The first-order chi connectivity index (χ1) is 27.6. The lowest BCUT2D eigenvalue weighted by Crippen LogP contribution is -2.67. The van der Waals surface area contributed by atoms with Crippen LogP contribution in [0.4, 0.5) is 0 Å². The van der Waals surface area contributed by atoms with Crippen LogP contribution in [0.15, 0.2) is 12.2 Å². The summed E-state index contributed by atoms with van der Waals surface area (Å²) in [6.45, 7) is 37.8. The Morgan fingerprint density at radius 2 is 1.24 bits per heavy atom. The van der Waals surface area contributed by atoms with E-state index in [1.807, 2.05) is 0 Å². The summed E-state index contributed by atoms with van der Waals surface area (Å²) in [4.78, 5) is 32.2. The summed E-state index contributed by atoms with van der Waals surface area (Å²) in [6, 6.07) is 0. The molecular weight excluding hydrogens is 721 g/mol. The zero-order chi connectivity index (χ0) is 40.8. The average Bonchev–Trinajstić information content (AvgIpc) is 3.60. The minimum absolute atomic E-state index is 0.0204. The zero-order valence-electron chi connectivity index (χ0n) is 38.1. The minimum Gasteiger partial charge on any atom is -0.465 e. The van der Waals surface area contributed by atoms with E-state index < -0.39 is 0 Å². The van der Waals surface area contributed by atoms with E-state index >= 15 is 0 Å². The molecule has 5 aliphatic carbocycles. The number of esters is 2. The van der Waals surface area contributed by atoms with Crippen molar-refractivity contribution < 1.29 is 28.0 Å². The van der Waals surface area contributed by atoms with Crippen molar-refractivity contribution >= 4 is 11.9 Å². The van der Waals surface area contributed by atoms with Gasteiger partial charge in [-0.15, -0.1) is 0 Å². The lowest BCUT2D eigenvalue weighted by atomic mass is 9.32. The third-order valence-corrected chi connectivity index (χ3v) is 21.3. The standard InChI is InChI=1S/C50H84N4O4/c1-37(2)38-14-19-50(36-57-43(55)10-8-28-53-30-22-51(23-31-53)24-32-53)21-20-48(6)39(45(38)50)12-13-41-47(5)17-16-42(46(3,4)40(47)15-18-49(41,48)7)58-44(56)11-9-29-54-33-25-52(26-34-54)27-35-54/h38-42,45H,1,8-36H2,2-7H3/q+2/t38-,39?,40?,41?,42-,45?,47-,48+,49+,50-/m0/s1. The Labute approximate surface area is 353 Å². The molecule has 0 N–H and O–H groups in total. The van der Waals surface area contributed by atoms with Crippen LogP contribution < -0.4 is 0 Å². The Kier molecular flexibility index (Phi) is 10.9. The van der Waals surface area contributed by atoms with Gasteiger partial charge in [0.25, 0.3) is 0 Å². The molecule has 6 heterocycles. The summed E-state index contributed by atoms with van der Waals surface area (Å²) in [5, 5.41) is 0. The first-order valence-corrected chi connectivity index (χ1v) is 24.7. The second kappa shape index (κ2) is 15.1. The SMILES string of the molecule is C=C(C)[C@@H]1CC[C@@]2(COC(=O)CCC[N+]34CCN(CC3)CC4)CC[C@]3(C)C(CCC4[C@@]5(C)CC[C@H](OC(=O)CCC[N+]67CCN(CC6)CC7)C(C)(C)C5CC[C@]43C)C12. The molecular formula is C50H84N4O4+2. The van der Waals surface area contributed by atoms with Crippen LogP contribution in [0.3, 0.4) is 0 Å². The van der Waals surface area contributed by atoms with Crippen molar-refractivity contribution in [3.8, 4) is 0 Å². The van der Waals surface area contributed by atoms with E-state index in [-0.39, 0.29) is 45.1 Å². The summed E-state index contributed by atoms with van der Waals surface area (Å²) in [5.41, 5.74) is 2.20. The first-order valence-electron chi connectivity index (χ1n) is 24.7. The molecule has 0 aromatic carbocycles. The largest absolute Gasteiger partial charge is 0.465 e. The van der Waals surface area contributed by atoms with E-state index in [0.29, 0.717) is 49.0 Å². The van der Waals surface area contributed by atoms with Gasteiger partial charge in [0.1, 0.15) is 6.10 Å². The van der Waals surface area contributed by atoms with Gasteiger partial charge in [0.15, 0.2) is 0 Å². The number of hydrogen-bond donors (Lipinski definition) is 0. The normalized spacial score (nSPS) is 48.6. The summed E-state index contributed by atoms with van der Waals surface area (Å²) in [7, 11) is 0. The molecule has 326 valence electrons. The number of piperazine rings is 6. The molecule has 4 bridgehead atoms. The molecule has 11 aliphatic rings. The third kappa shape index (κ3) is 6.80. The molecule has 0 aromatic rings. The summed E-state index contributed by atoms with van der Waals surface area (Å²) in [6.07, 6.45) is 15.2. The first kappa shape index (κ1) is 41.9. The van der Waals surface area contributed by atoms with Crippen LogP contribution in [-0.2, 0) is 19.1 Å². The fourth-order valence-corrected chi connectivity index (χ4v) is 17.5. The molecule has 0 spiro atoms. The van der Waals surface area contributed by atoms with Crippen LogP contribution in [-0.4, -0.2) is 135 Å². The van der Waals surface area contributed by atoms with Gasteiger partial charge < -0.3 is 18.4 Å². The van der Waals surface area contributed by atoms with Crippen LogP contribution in [0.25, 0.3) is 0 Å². The monoisotopic (exact) mass is 805 g/mol. The van der Waals surface area contributed by atoms with Gasteiger partial charge in [0.2, 0.25) is 0 Å². The highest BCUT2D eigenvalue weighted by atomic mass is 16.5. The van der Waals surface area contributed by atoms with E-state index in [2.05, 4.69) is 57.9 Å². The Hall–Kier alpha value is -1.48. The van der Waals surface area contributed by atoms with Gasteiger partial charge in [-0.25, -0.2) is 0 Å². The maximum atomic E-state index is 13.5. The molecule has 0 aromatic heterocycles. The maximum Gasteiger partial charge on any atom is 0.306 e. The summed E-state index contributed by atoms with van der Waals surface area (Å²) < 4.78 is 15.4. The summed E-state index contributed by atoms with van der Waals surface area (Å²) in [5.74, 6) is 3.06. The fourth-order valence-electron chi connectivity index (χ4n) is 17.5. The van der Waals surface area contributed by atoms with Crippen LogP contribution in [0.2, 0.25) is 0 Å². The van der Waals surface area contributed by atoms with Crippen molar-refractivity contribution in [1.82, 2.24) is 9.80 Å². The predicted octanol–water partition coefficient (Wildman–Crippen LogP) is 7.95. The molecule has 6 aliphatic heterocycles. The molecule has 4 unspecified atom stereocenters.